The van der Waals surface area contributed by atoms with Crippen molar-refractivity contribution < 1.29 is 0 Å². The molecule has 0 aromatic carbocycles. The molecule has 1 aromatic rings. The molecule has 16 heavy (non-hydrogen) atoms. The van der Waals surface area contributed by atoms with E-state index in [2.05, 4.69) is 43.4 Å². The predicted molar refractivity (Wildman–Crippen MR) is 72.2 cm³/mol. The van der Waals surface area contributed by atoms with Gasteiger partial charge in [-0.25, -0.2) is 4.98 Å². The van der Waals surface area contributed by atoms with Gasteiger partial charge in [0.15, 0.2) is 0 Å². The molecular formula is C13H24N2S. The third-order valence-corrected chi connectivity index (χ3v) is 3.45. The predicted octanol–water partition coefficient (Wildman–Crippen LogP) is 3.58. The Kier molecular flexibility index (Phi) is 5.99. The fourth-order valence-corrected chi connectivity index (χ4v) is 2.60. The summed E-state index contributed by atoms with van der Waals surface area (Å²) in [6, 6.07) is 0. The maximum Gasteiger partial charge on any atom is 0.0960 e. The maximum atomic E-state index is 4.53. The first-order valence-corrected chi connectivity index (χ1v) is 7.10. The molecule has 0 atom stereocenters. The van der Waals surface area contributed by atoms with Crippen molar-refractivity contribution in [3.05, 3.63) is 16.1 Å². The Labute approximate surface area is 103 Å². The van der Waals surface area contributed by atoms with Crippen LogP contribution in [0.4, 0.5) is 0 Å². The standard InChI is InChI=1S/C9H14N2S.C4H10/c1-7-6-12-9(11-7)8-2-4-10-5-3-8;1-4(2)3/h6,8,10H,2-5H2,1H3;4H,1-3H3. The molecule has 1 fully saturated rings. The Morgan fingerprint density at radius 3 is 2.31 bits per heavy atom. The molecule has 0 unspecified atom stereocenters. The number of hydrogen-bond donors (Lipinski definition) is 1. The van der Waals surface area contributed by atoms with Gasteiger partial charge in [0, 0.05) is 17.0 Å². The molecule has 1 saturated heterocycles. The molecule has 2 nitrogen and oxygen atoms in total. The van der Waals surface area contributed by atoms with Crippen LogP contribution < -0.4 is 5.32 Å². The molecule has 92 valence electrons. The van der Waals surface area contributed by atoms with Gasteiger partial charge >= 0.3 is 0 Å². The molecule has 0 spiro atoms. The van der Waals surface area contributed by atoms with E-state index >= 15 is 0 Å². The Morgan fingerprint density at radius 1 is 1.31 bits per heavy atom. The van der Waals surface area contributed by atoms with E-state index in [0.717, 1.165) is 24.9 Å². The summed E-state index contributed by atoms with van der Waals surface area (Å²) < 4.78 is 0. The second-order valence-corrected chi connectivity index (χ2v) is 5.97. The molecule has 0 radical (unpaired) electrons. The zero-order chi connectivity index (χ0) is 12.0. The molecule has 1 N–H and O–H groups in total. The second-order valence-electron chi connectivity index (χ2n) is 5.08. The van der Waals surface area contributed by atoms with Gasteiger partial charge in [-0.1, -0.05) is 20.8 Å². The van der Waals surface area contributed by atoms with Gasteiger partial charge in [-0.2, -0.15) is 0 Å². The number of thiazole rings is 1. The zero-order valence-electron chi connectivity index (χ0n) is 10.9. The lowest BCUT2D eigenvalue weighted by Crippen LogP contribution is -2.26. The number of nitrogens with one attached hydrogen (secondary N) is 1. The molecule has 3 heteroatoms. The molecule has 2 heterocycles. The molecule has 1 aliphatic rings. The topological polar surface area (TPSA) is 24.9 Å². The lowest BCUT2D eigenvalue weighted by molar-refractivity contribution is 0.459. The van der Waals surface area contributed by atoms with E-state index in [-0.39, 0.29) is 0 Å². The van der Waals surface area contributed by atoms with E-state index in [1.807, 2.05) is 11.3 Å². The van der Waals surface area contributed by atoms with Crippen molar-refractivity contribution in [1.29, 1.82) is 0 Å². The van der Waals surface area contributed by atoms with Crippen molar-refractivity contribution in [3.63, 3.8) is 0 Å². The molecule has 1 aromatic heterocycles. The summed E-state index contributed by atoms with van der Waals surface area (Å²) in [7, 11) is 0. The zero-order valence-corrected chi connectivity index (χ0v) is 11.7. The van der Waals surface area contributed by atoms with Gasteiger partial charge in [0.05, 0.1) is 5.01 Å². The quantitative estimate of drug-likeness (QED) is 0.811. The number of hydrogen-bond acceptors (Lipinski definition) is 3. The first-order valence-electron chi connectivity index (χ1n) is 6.22. The minimum atomic E-state index is 0.727. The summed E-state index contributed by atoms with van der Waals surface area (Å²) in [5, 5.41) is 6.86. The van der Waals surface area contributed by atoms with Crippen molar-refractivity contribution >= 4 is 11.3 Å². The number of piperidine rings is 1. The highest BCUT2D eigenvalue weighted by atomic mass is 32.1. The summed E-state index contributed by atoms with van der Waals surface area (Å²) in [6.45, 7) is 10.9. The van der Waals surface area contributed by atoms with Crippen LogP contribution in [-0.4, -0.2) is 18.1 Å². The maximum absolute atomic E-state index is 4.53. The third-order valence-electron chi connectivity index (χ3n) is 2.33. The highest BCUT2D eigenvalue weighted by Crippen LogP contribution is 2.27. The first kappa shape index (κ1) is 13.7. The summed E-state index contributed by atoms with van der Waals surface area (Å²) in [6.07, 6.45) is 2.51. The van der Waals surface area contributed by atoms with E-state index in [1.54, 1.807) is 0 Å². The second kappa shape index (κ2) is 7.02. The van der Waals surface area contributed by atoms with E-state index in [4.69, 9.17) is 0 Å². The van der Waals surface area contributed by atoms with E-state index in [9.17, 15) is 0 Å². The Balaban J connectivity index is 0.000000280. The summed E-state index contributed by atoms with van der Waals surface area (Å²) in [4.78, 5) is 4.53. The highest BCUT2D eigenvalue weighted by Gasteiger charge is 2.17. The van der Waals surface area contributed by atoms with Crippen LogP contribution in [0.3, 0.4) is 0 Å². The van der Waals surface area contributed by atoms with Gasteiger partial charge in [-0.15, -0.1) is 11.3 Å². The molecule has 2 rings (SSSR count). The number of nitrogens with zero attached hydrogens (tertiary/aromatic N) is 1. The Bertz CT molecular complexity index is 285. The Hall–Kier alpha value is -0.410. The summed E-state index contributed by atoms with van der Waals surface area (Å²) in [5.41, 5.74) is 1.17. The molecular weight excluding hydrogens is 216 g/mol. The number of aryl methyl sites for hydroxylation is 1. The smallest absolute Gasteiger partial charge is 0.0960 e. The van der Waals surface area contributed by atoms with E-state index in [0.29, 0.717) is 0 Å². The molecule has 0 bridgehead atoms. The van der Waals surface area contributed by atoms with Crippen LogP contribution in [0.25, 0.3) is 0 Å². The van der Waals surface area contributed by atoms with E-state index < -0.39 is 0 Å². The van der Waals surface area contributed by atoms with E-state index in [1.165, 1.54) is 23.5 Å². The minimum Gasteiger partial charge on any atom is -0.317 e. The van der Waals surface area contributed by atoms with Crippen LogP contribution >= 0.6 is 11.3 Å². The Morgan fingerprint density at radius 2 is 1.88 bits per heavy atom. The van der Waals surface area contributed by atoms with Crippen LogP contribution in [0.2, 0.25) is 0 Å². The van der Waals surface area contributed by atoms with Crippen LogP contribution in [0.1, 0.15) is 50.2 Å². The average Bonchev–Trinajstić information content (AvgIpc) is 2.65. The van der Waals surface area contributed by atoms with Crippen LogP contribution in [0, 0.1) is 12.8 Å². The van der Waals surface area contributed by atoms with Gasteiger partial charge in [0.1, 0.15) is 0 Å². The number of aromatic nitrogens is 1. The average molecular weight is 240 g/mol. The van der Waals surface area contributed by atoms with Gasteiger partial charge in [-0.3, -0.25) is 0 Å². The fraction of sp³-hybridized carbons (Fsp3) is 0.769. The highest BCUT2D eigenvalue weighted by molar-refractivity contribution is 7.09. The lowest BCUT2D eigenvalue weighted by Gasteiger charge is -2.20. The molecule has 0 aliphatic carbocycles. The molecule has 1 aliphatic heterocycles. The third kappa shape index (κ3) is 5.08. The lowest BCUT2D eigenvalue weighted by atomic mass is 9.99. The normalized spacial score (nSPS) is 17.1. The van der Waals surface area contributed by atoms with Crippen molar-refractivity contribution in [1.82, 2.24) is 10.3 Å². The van der Waals surface area contributed by atoms with Crippen molar-refractivity contribution in [2.45, 2.75) is 46.5 Å². The number of rotatable bonds is 1. The fourth-order valence-electron chi connectivity index (χ4n) is 1.63. The van der Waals surface area contributed by atoms with Gasteiger partial charge in [0.2, 0.25) is 0 Å². The van der Waals surface area contributed by atoms with Gasteiger partial charge in [0.25, 0.3) is 0 Å². The first-order chi connectivity index (χ1) is 7.59. The van der Waals surface area contributed by atoms with Gasteiger partial charge in [-0.05, 0) is 38.8 Å². The van der Waals surface area contributed by atoms with Gasteiger partial charge < -0.3 is 5.32 Å². The minimum absolute atomic E-state index is 0.727. The largest absolute Gasteiger partial charge is 0.317 e. The summed E-state index contributed by atoms with van der Waals surface area (Å²) >= 11 is 1.82. The molecule has 0 saturated carbocycles. The van der Waals surface area contributed by atoms with Crippen LogP contribution in [0.5, 0.6) is 0 Å². The summed E-state index contributed by atoms with van der Waals surface area (Å²) in [5.74, 6) is 1.56. The SMILES string of the molecule is CC(C)C.Cc1csc(C2CCNCC2)n1. The van der Waals surface area contributed by atoms with Crippen LogP contribution in [0.15, 0.2) is 5.38 Å². The van der Waals surface area contributed by atoms with Crippen molar-refractivity contribution in [2.75, 3.05) is 13.1 Å². The van der Waals surface area contributed by atoms with Crippen molar-refractivity contribution in [2.24, 2.45) is 5.92 Å². The van der Waals surface area contributed by atoms with Crippen molar-refractivity contribution in [3.8, 4) is 0 Å². The van der Waals surface area contributed by atoms with Crippen LogP contribution in [-0.2, 0) is 0 Å². The molecule has 0 amide bonds. The monoisotopic (exact) mass is 240 g/mol.